The van der Waals surface area contributed by atoms with Gasteiger partial charge in [-0.1, -0.05) is 18.5 Å². The highest BCUT2D eigenvalue weighted by molar-refractivity contribution is 6.31. The molecule has 2 heterocycles. The minimum Gasteiger partial charge on any atom is -0.464 e. The van der Waals surface area contributed by atoms with Crippen LogP contribution in [0.15, 0.2) is 40.8 Å². The molecule has 0 N–H and O–H groups in total. The molecule has 134 valence electrons. The Bertz CT molecular complexity index is 995. The summed E-state index contributed by atoms with van der Waals surface area (Å²) in [5.41, 5.74) is 2.13. The number of pyridine rings is 1. The number of benzene rings is 1. The molecule has 26 heavy (non-hydrogen) atoms. The van der Waals surface area contributed by atoms with Gasteiger partial charge in [0, 0.05) is 23.4 Å². The number of carbonyl (C=O) groups excluding carboxylic acids is 1. The van der Waals surface area contributed by atoms with Crippen LogP contribution in [-0.4, -0.2) is 22.8 Å². The second-order valence-electron chi connectivity index (χ2n) is 7.24. The third kappa shape index (κ3) is 3.21. The molecule has 2 unspecified atom stereocenters. The molecule has 0 aliphatic heterocycles. The largest absolute Gasteiger partial charge is 0.464 e. The van der Waals surface area contributed by atoms with E-state index < -0.39 is 0 Å². The second kappa shape index (κ2) is 6.44. The van der Waals surface area contributed by atoms with Crippen molar-refractivity contribution in [1.82, 2.24) is 9.88 Å². The van der Waals surface area contributed by atoms with Crippen LogP contribution in [0.25, 0.3) is 10.9 Å². The third-order valence-electron chi connectivity index (χ3n) is 5.09. The molecule has 4 rings (SSSR count). The van der Waals surface area contributed by atoms with Gasteiger partial charge in [0.25, 0.3) is 5.91 Å². The van der Waals surface area contributed by atoms with Crippen LogP contribution >= 0.6 is 11.6 Å². The van der Waals surface area contributed by atoms with Crippen molar-refractivity contribution < 1.29 is 9.21 Å². The molecular weight excluding hydrogens is 348 g/mol. The summed E-state index contributed by atoms with van der Waals surface area (Å²) in [6, 6.07) is 11.4. The van der Waals surface area contributed by atoms with Crippen molar-refractivity contribution in [3.05, 3.63) is 64.2 Å². The van der Waals surface area contributed by atoms with E-state index in [9.17, 15) is 4.79 Å². The molecule has 2 aromatic heterocycles. The number of fused-ring (bicyclic) bond motifs is 1. The van der Waals surface area contributed by atoms with Crippen molar-refractivity contribution in [3.63, 3.8) is 0 Å². The Morgan fingerprint density at radius 3 is 2.81 bits per heavy atom. The Hall–Kier alpha value is -2.33. The molecule has 0 saturated heterocycles. The molecule has 1 amide bonds. The predicted molar refractivity (Wildman–Crippen MR) is 103 cm³/mol. The van der Waals surface area contributed by atoms with Gasteiger partial charge in [0.2, 0.25) is 0 Å². The standard InChI is InChI=1S/C21H21ClN2O2/c1-12-8-17(12)20-7-5-16(26-20)11-24(3)21(25)18-10-14-9-15(22)4-6-19(14)23-13(18)2/h4-7,9-10,12,17H,8,11H2,1-3H3. The number of carbonyl (C=O) groups is 1. The number of hydrogen-bond acceptors (Lipinski definition) is 3. The lowest BCUT2D eigenvalue weighted by molar-refractivity contribution is 0.0774. The average Bonchev–Trinajstić information content (AvgIpc) is 3.15. The Morgan fingerprint density at radius 2 is 2.08 bits per heavy atom. The smallest absolute Gasteiger partial charge is 0.255 e. The van der Waals surface area contributed by atoms with Gasteiger partial charge in [0.15, 0.2) is 0 Å². The van der Waals surface area contributed by atoms with Crippen LogP contribution in [0, 0.1) is 12.8 Å². The molecule has 4 nitrogen and oxygen atoms in total. The van der Waals surface area contributed by atoms with Gasteiger partial charge in [-0.2, -0.15) is 0 Å². The van der Waals surface area contributed by atoms with E-state index in [1.165, 1.54) is 6.42 Å². The maximum atomic E-state index is 12.9. The molecule has 2 atom stereocenters. The van der Waals surface area contributed by atoms with Gasteiger partial charge in [0.1, 0.15) is 11.5 Å². The van der Waals surface area contributed by atoms with Crippen molar-refractivity contribution in [2.75, 3.05) is 7.05 Å². The van der Waals surface area contributed by atoms with Gasteiger partial charge in [0.05, 0.1) is 23.3 Å². The molecule has 1 fully saturated rings. The van der Waals surface area contributed by atoms with Crippen molar-refractivity contribution in [3.8, 4) is 0 Å². The molecule has 1 aromatic carbocycles. The first-order chi connectivity index (χ1) is 12.4. The Labute approximate surface area is 157 Å². The Morgan fingerprint density at radius 1 is 1.31 bits per heavy atom. The van der Waals surface area contributed by atoms with Crippen LogP contribution in [0.2, 0.25) is 5.02 Å². The van der Waals surface area contributed by atoms with Gasteiger partial charge >= 0.3 is 0 Å². The quantitative estimate of drug-likeness (QED) is 0.637. The van der Waals surface area contributed by atoms with Crippen molar-refractivity contribution in [2.24, 2.45) is 5.92 Å². The molecule has 0 spiro atoms. The normalized spacial score (nSPS) is 18.9. The van der Waals surface area contributed by atoms with Crippen LogP contribution in [0.4, 0.5) is 0 Å². The van der Waals surface area contributed by atoms with Crippen LogP contribution in [0.5, 0.6) is 0 Å². The number of furan rings is 1. The highest BCUT2D eigenvalue weighted by atomic mass is 35.5. The van der Waals surface area contributed by atoms with Crippen molar-refractivity contribution in [1.29, 1.82) is 0 Å². The lowest BCUT2D eigenvalue weighted by Crippen LogP contribution is -2.27. The number of hydrogen-bond donors (Lipinski definition) is 0. The van der Waals surface area contributed by atoms with Crippen LogP contribution in [0.3, 0.4) is 0 Å². The molecule has 1 aliphatic carbocycles. The summed E-state index contributed by atoms with van der Waals surface area (Å²) in [7, 11) is 1.78. The molecule has 0 radical (unpaired) electrons. The predicted octanol–water partition coefficient (Wildman–Crippen LogP) is 5.19. The number of aromatic nitrogens is 1. The summed E-state index contributed by atoms with van der Waals surface area (Å²) in [5.74, 6) is 3.01. The summed E-state index contributed by atoms with van der Waals surface area (Å²) in [5, 5.41) is 1.50. The summed E-state index contributed by atoms with van der Waals surface area (Å²) in [4.78, 5) is 19.1. The van der Waals surface area contributed by atoms with E-state index in [-0.39, 0.29) is 5.91 Å². The van der Waals surface area contributed by atoms with Crippen LogP contribution in [-0.2, 0) is 6.54 Å². The zero-order valence-corrected chi connectivity index (χ0v) is 15.9. The van der Waals surface area contributed by atoms with E-state index in [1.54, 1.807) is 18.0 Å². The lowest BCUT2D eigenvalue weighted by atomic mass is 10.1. The Kier molecular flexibility index (Phi) is 4.23. The lowest BCUT2D eigenvalue weighted by Gasteiger charge is -2.17. The van der Waals surface area contributed by atoms with E-state index in [2.05, 4.69) is 11.9 Å². The number of aryl methyl sites for hydroxylation is 1. The summed E-state index contributed by atoms with van der Waals surface area (Å²) in [6.07, 6.45) is 1.19. The third-order valence-corrected chi connectivity index (χ3v) is 5.33. The zero-order valence-electron chi connectivity index (χ0n) is 15.1. The van der Waals surface area contributed by atoms with Gasteiger partial charge in [-0.15, -0.1) is 0 Å². The molecule has 5 heteroatoms. The molecule has 0 bridgehead atoms. The SMILES string of the molecule is Cc1nc2ccc(Cl)cc2cc1C(=O)N(C)Cc1ccc(C2CC2C)o1. The van der Waals surface area contributed by atoms with E-state index in [4.69, 9.17) is 16.0 Å². The first-order valence-corrected chi connectivity index (χ1v) is 9.21. The number of nitrogens with zero attached hydrogens (tertiary/aromatic N) is 2. The van der Waals surface area contributed by atoms with Crippen LogP contribution in [0.1, 0.15) is 46.8 Å². The molecule has 1 saturated carbocycles. The summed E-state index contributed by atoms with van der Waals surface area (Å²) in [6.45, 7) is 4.52. The number of rotatable bonds is 4. The minimum absolute atomic E-state index is 0.0744. The van der Waals surface area contributed by atoms with E-state index in [1.807, 2.05) is 37.3 Å². The topological polar surface area (TPSA) is 46.3 Å². The van der Waals surface area contributed by atoms with Gasteiger partial charge in [-0.25, -0.2) is 0 Å². The first-order valence-electron chi connectivity index (χ1n) is 8.83. The zero-order chi connectivity index (χ0) is 18.4. The fourth-order valence-corrected chi connectivity index (χ4v) is 3.55. The van der Waals surface area contributed by atoms with Crippen molar-refractivity contribution in [2.45, 2.75) is 32.7 Å². The minimum atomic E-state index is -0.0744. The van der Waals surface area contributed by atoms with E-state index in [0.29, 0.717) is 34.7 Å². The number of halogens is 1. The summed E-state index contributed by atoms with van der Waals surface area (Å²) < 4.78 is 5.92. The fourth-order valence-electron chi connectivity index (χ4n) is 3.37. The molecule has 1 aliphatic rings. The summed E-state index contributed by atoms with van der Waals surface area (Å²) >= 11 is 6.07. The van der Waals surface area contributed by atoms with Crippen LogP contribution < -0.4 is 0 Å². The first kappa shape index (κ1) is 17.1. The highest BCUT2D eigenvalue weighted by Gasteiger charge is 2.36. The maximum absolute atomic E-state index is 12.9. The van der Waals surface area contributed by atoms with Gasteiger partial charge in [-0.3, -0.25) is 9.78 Å². The molecule has 3 aromatic rings. The highest BCUT2D eigenvalue weighted by Crippen LogP contribution is 2.47. The average molecular weight is 369 g/mol. The molecular formula is C21H21ClN2O2. The van der Waals surface area contributed by atoms with Gasteiger partial charge < -0.3 is 9.32 Å². The second-order valence-corrected chi connectivity index (χ2v) is 7.68. The van der Waals surface area contributed by atoms with Crippen molar-refractivity contribution >= 4 is 28.4 Å². The van der Waals surface area contributed by atoms with Gasteiger partial charge in [-0.05, 0) is 55.7 Å². The maximum Gasteiger partial charge on any atom is 0.255 e. The fraction of sp³-hybridized carbons (Fsp3) is 0.333. The van der Waals surface area contributed by atoms with E-state index in [0.717, 1.165) is 22.4 Å². The monoisotopic (exact) mass is 368 g/mol. The number of amides is 1. The Balaban J connectivity index is 1.55. The van der Waals surface area contributed by atoms with E-state index >= 15 is 0 Å².